The molecule has 1 N–H and O–H groups in total. The van der Waals surface area contributed by atoms with Gasteiger partial charge in [-0.2, -0.15) is 0 Å². The number of nitrogens with one attached hydrogen (secondary N) is 1. The lowest BCUT2D eigenvalue weighted by atomic mass is 10.0. The third-order valence-electron chi connectivity index (χ3n) is 4.10. The van der Waals surface area contributed by atoms with Crippen molar-refractivity contribution in [1.82, 2.24) is 10.2 Å². The van der Waals surface area contributed by atoms with Gasteiger partial charge in [0.15, 0.2) is 11.5 Å². The van der Waals surface area contributed by atoms with Crippen molar-refractivity contribution < 1.29 is 14.3 Å². The zero-order valence-corrected chi connectivity index (χ0v) is 14.8. The number of para-hydroxylation sites is 1. The van der Waals surface area contributed by atoms with Gasteiger partial charge in [-0.15, -0.1) is 11.3 Å². The lowest BCUT2D eigenvalue weighted by Gasteiger charge is -2.29. The highest BCUT2D eigenvalue weighted by molar-refractivity contribution is 7.09. The van der Waals surface area contributed by atoms with Crippen LogP contribution in [0.1, 0.15) is 17.4 Å². The molecule has 1 aromatic carbocycles. The van der Waals surface area contributed by atoms with Crippen molar-refractivity contribution in [1.29, 1.82) is 0 Å². The molecule has 0 bridgehead atoms. The number of hydrogen-bond donors (Lipinski definition) is 1. The number of benzene rings is 1. The fourth-order valence-corrected chi connectivity index (χ4v) is 3.55. The maximum Gasteiger partial charge on any atom is 0.318 e. The highest BCUT2D eigenvalue weighted by atomic mass is 32.1. The monoisotopic (exact) mass is 346 g/mol. The Hall–Kier alpha value is -2.21. The van der Waals surface area contributed by atoms with E-state index < -0.39 is 0 Å². The number of ether oxygens (including phenoxy) is 2. The summed E-state index contributed by atoms with van der Waals surface area (Å²) in [6.07, 6.45) is 0.745. The first-order valence-electron chi connectivity index (χ1n) is 8.07. The molecule has 3 rings (SSSR count). The predicted molar refractivity (Wildman–Crippen MR) is 94.9 cm³/mol. The normalized spacial score (nSPS) is 16.0. The van der Waals surface area contributed by atoms with Gasteiger partial charge in [-0.25, -0.2) is 4.79 Å². The summed E-state index contributed by atoms with van der Waals surface area (Å²) in [5.74, 6) is 1.53. The van der Waals surface area contributed by atoms with Gasteiger partial charge in [0.05, 0.1) is 19.7 Å². The number of thiophene rings is 1. The van der Waals surface area contributed by atoms with Crippen LogP contribution in [0.15, 0.2) is 35.7 Å². The second-order valence-corrected chi connectivity index (χ2v) is 6.74. The molecule has 128 valence electrons. The molecule has 0 saturated carbocycles. The highest BCUT2D eigenvalue weighted by Crippen LogP contribution is 2.34. The number of carbonyl (C=O) groups is 1. The molecule has 2 heterocycles. The molecule has 1 aliphatic rings. The number of urea groups is 1. The minimum atomic E-state index is -0.0501. The van der Waals surface area contributed by atoms with Crippen LogP contribution in [0.4, 0.5) is 4.79 Å². The Morgan fingerprint density at radius 3 is 3.00 bits per heavy atom. The molecule has 5 nitrogen and oxygen atoms in total. The van der Waals surface area contributed by atoms with Gasteiger partial charge in [-0.05, 0) is 30.9 Å². The van der Waals surface area contributed by atoms with Crippen LogP contribution in [0.2, 0.25) is 0 Å². The van der Waals surface area contributed by atoms with E-state index in [4.69, 9.17) is 9.47 Å². The van der Waals surface area contributed by atoms with Crippen LogP contribution >= 0.6 is 11.3 Å². The van der Waals surface area contributed by atoms with Crippen molar-refractivity contribution in [2.24, 2.45) is 0 Å². The van der Waals surface area contributed by atoms with Crippen molar-refractivity contribution in [3.8, 4) is 11.5 Å². The van der Waals surface area contributed by atoms with Crippen molar-refractivity contribution in [2.75, 3.05) is 20.3 Å². The summed E-state index contributed by atoms with van der Waals surface area (Å²) in [7, 11) is 1.64. The molecule has 2 aromatic rings. The topological polar surface area (TPSA) is 50.8 Å². The van der Waals surface area contributed by atoms with Crippen LogP contribution in [0.3, 0.4) is 0 Å². The van der Waals surface area contributed by atoms with E-state index in [9.17, 15) is 4.79 Å². The number of hydrogen-bond acceptors (Lipinski definition) is 4. The summed E-state index contributed by atoms with van der Waals surface area (Å²) in [5.41, 5.74) is 1.06. The van der Waals surface area contributed by atoms with Crippen LogP contribution in [0, 0.1) is 0 Å². The van der Waals surface area contributed by atoms with Crippen molar-refractivity contribution in [3.05, 3.63) is 46.2 Å². The zero-order valence-electron chi connectivity index (χ0n) is 14.0. The Morgan fingerprint density at radius 1 is 1.42 bits per heavy atom. The van der Waals surface area contributed by atoms with Gasteiger partial charge in [0.2, 0.25) is 0 Å². The molecule has 0 fully saturated rings. The Morgan fingerprint density at radius 2 is 2.29 bits per heavy atom. The molecule has 1 atom stereocenters. The van der Waals surface area contributed by atoms with Gasteiger partial charge in [0.25, 0.3) is 0 Å². The standard InChI is InChI=1S/C18H22N2O3S/c1-3-20(11-15-7-5-9-24-15)18(21)19-14-10-13-6-4-8-16(22-2)17(13)23-12-14/h4-9,14H,3,10-12H2,1-2H3,(H,19,21). The van der Waals surface area contributed by atoms with Gasteiger partial charge in [0.1, 0.15) is 6.61 Å². The number of amides is 2. The highest BCUT2D eigenvalue weighted by Gasteiger charge is 2.25. The lowest BCUT2D eigenvalue weighted by molar-refractivity contribution is 0.179. The van der Waals surface area contributed by atoms with Crippen molar-refractivity contribution in [2.45, 2.75) is 25.9 Å². The summed E-state index contributed by atoms with van der Waals surface area (Å²) in [5, 5.41) is 5.11. The second-order valence-electron chi connectivity index (χ2n) is 5.70. The average molecular weight is 346 g/mol. The molecule has 1 unspecified atom stereocenters. The smallest absolute Gasteiger partial charge is 0.318 e. The van der Waals surface area contributed by atoms with Gasteiger partial charge in [0, 0.05) is 17.0 Å². The molecule has 0 aliphatic carbocycles. The fraction of sp³-hybridized carbons (Fsp3) is 0.389. The summed E-state index contributed by atoms with van der Waals surface area (Å²) < 4.78 is 11.1. The van der Waals surface area contributed by atoms with E-state index in [1.165, 1.54) is 4.88 Å². The van der Waals surface area contributed by atoms with Gasteiger partial charge >= 0.3 is 6.03 Å². The van der Waals surface area contributed by atoms with Gasteiger partial charge in [-0.1, -0.05) is 18.2 Å². The minimum Gasteiger partial charge on any atom is -0.493 e. The van der Waals surface area contributed by atoms with Gasteiger partial charge < -0.3 is 19.7 Å². The van der Waals surface area contributed by atoms with E-state index in [-0.39, 0.29) is 12.1 Å². The minimum absolute atomic E-state index is 0.0329. The lowest BCUT2D eigenvalue weighted by Crippen LogP contribution is -2.48. The SMILES string of the molecule is CCN(Cc1cccs1)C(=O)NC1COc2c(cccc2OC)C1. The Bertz CT molecular complexity index is 688. The molecule has 0 saturated heterocycles. The van der Waals surface area contributed by atoms with E-state index in [1.807, 2.05) is 47.5 Å². The first-order valence-corrected chi connectivity index (χ1v) is 8.95. The van der Waals surface area contributed by atoms with E-state index in [0.717, 1.165) is 23.5 Å². The first-order chi connectivity index (χ1) is 11.7. The third kappa shape index (κ3) is 3.64. The molecule has 6 heteroatoms. The van der Waals surface area contributed by atoms with Crippen LogP contribution in [0.25, 0.3) is 0 Å². The van der Waals surface area contributed by atoms with E-state index >= 15 is 0 Å². The molecule has 0 spiro atoms. The zero-order chi connectivity index (χ0) is 16.9. The van der Waals surface area contributed by atoms with Gasteiger partial charge in [-0.3, -0.25) is 0 Å². The van der Waals surface area contributed by atoms with Crippen molar-refractivity contribution >= 4 is 17.4 Å². The number of carbonyl (C=O) groups excluding carboxylic acids is 1. The molecule has 24 heavy (non-hydrogen) atoms. The molecular formula is C18H22N2O3S. The molecule has 1 aromatic heterocycles. The number of fused-ring (bicyclic) bond motifs is 1. The quantitative estimate of drug-likeness (QED) is 0.904. The van der Waals surface area contributed by atoms with E-state index in [2.05, 4.69) is 5.32 Å². The summed E-state index contributed by atoms with van der Waals surface area (Å²) in [4.78, 5) is 15.5. The Kier molecular flexibility index (Phi) is 5.25. The predicted octanol–water partition coefficient (Wildman–Crippen LogP) is 3.29. The molecule has 0 radical (unpaired) electrons. The number of rotatable bonds is 5. The van der Waals surface area contributed by atoms with Crippen molar-refractivity contribution in [3.63, 3.8) is 0 Å². The average Bonchev–Trinajstić information content (AvgIpc) is 3.12. The fourth-order valence-electron chi connectivity index (χ4n) is 2.83. The number of methoxy groups -OCH3 is 1. The molecule has 2 amide bonds. The molecule has 1 aliphatic heterocycles. The maximum atomic E-state index is 12.5. The van der Waals surface area contributed by atoms with Crippen LogP contribution < -0.4 is 14.8 Å². The summed E-state index contributed by atoms with van der Waals surface area (Å²) in [6, 6.07) is 9.82. The summed E-state index contributed by atoms with van der Waals surface area (Å²) >= 11 is 1.66. The van der Waals surface area contributed by atoms with Crippen LogP contribution in [0.5, 0.6) is 11.5 Å². The maximum absolute atomic E-state index is 12.5. The number of nitrogens with zero attached hydrogens (tertiary/aromatic N) is 1. The summed E-state index contributed by atoms with van der Waals surface area (Å²) in [6.45, 7) is 3.75. The van der Waals surface area contributed by atoms with Crippen LogP contribution in [-0.4, -0.2) is 37.2 Å². The largest absolute Gasteiger partial charge is 0.493 e. The second kappa shape index (κ2) is 7.57. The van der Waals surface area contributed by atoms with E-state index in [1.54, 1.807) is 18.4 Å². The molecular weight excluding hydrogens is 324 g/mol. The van der Waals surface area contributed by atoms with Crippen LogP contribution in [-0.2, 0) is 13.0 Å². The Balaban J connectivity index is 1.62. The third-order valence-corrected chi connectivity index (χ3v) is 4.96. The Labute approximate surface area is 146 Å². The first kappa shape index (κ1) is 16.6. The van der Waals surface area contributed by atoms with E-state index in [0.29, 0.717) is 19.7 Å².